The third kappa shape index (κ3) is 5.20. The Morgan fingerprint density at radius 3 is 2.28 bits per heavy atom. The molecule has 3 aliphatic heterocycles. The lowest BCUT2D eigenvalue weighted by molar-refractivity contribution is -0.263. The molecule has 6 rings (SSSR count). The molecule has 0 unspecified atom stereocenters. The summed E-state index contributed by atoms with van der Waals surface area (Å²) in [5, 5.41) is 0. The van der Waals surface area contributed by atoms with E-state index < -0.39 is 17.9 Å². The predicted octanol–water partition coefficient (Wildman–Crippen LogP) is 5.63. The summed E-state index contributed by atoms with van der Waals surface area (Å²) in [6.07, 6.45) is 11.6. The van der Waals surface area contributed by atoms with Crippen molar-refractivity contribution < 1.29 is 33.2 Å². The van der Waals surface area contributed by atoms with Gasteiger partial charge in [0.05, 0.1) is 19.8 Å². The number of rotatable bonds is 8. The third-order valence-electron chi connectivity index (χ3n) is 8.50. The molecule has 2 spiro atoms. The van der Waals surface area contributed by atoms with E-state index in [-0.39, 0.29) is 24.4 Å². The highest BCUT2D eigenvalue weighted by Crippen LogP contribution is 2.48. The first-order valence-electron chi connectivity index (χ1n) is 14.3. The van der Waals surface area contributed by atoms with Crippen molar-refractivity contribution in [2.75, 3.05) is 13.2 Å². The van der Waals surface area contributed by atoms with E-state index in [2.05, 4.69) is 19.1 Å². The molecule has 0 amide bonds. The Hall–Kier alpha value is -1.22. The van der Waals surface area contributed by atoms with E-state index in [0.29, 0.717) is 13.2 Å². The average molecular weight is 503 g/mol. The standard InChI is InChI=1S/C29H42O7/c1-2-3-18-30-22-12-10-21(11-13-22)19-31-25-24(23-20-32-28(34-23)14-6-4-7-15-28)33-27-26(25)35-29(36-27)16-8-5-9-17-29/h10-13,23-27H,2-9,14-20H2,1H3/t23-,24+,25-,26+,27+/m0/s1. The quantitative estimate of drug-likeness (QED) is 0.427. The summed E-state index contributed by atoms with van der Waals surface area (Å²) in [7, 11) is 0. The second kappa shape index (κ2) is 10.9. The van der Waals surface area contributed by atoms with Crippen LogP contribution in [0.15, 0.2) is 24.3 Å². The Morgan fingerprint density at radius 2 is 1.56 bits per heavy atom. The van der Waals surface area contributed by atoms with Crippen molar-refractivity contribution in [1.29, 1.82) is 0 Å². The molecule has 0 aromatic heterocycles. The molecule has 0 radical (unpaired) electrons. The van der Waals surface area contributed by atoms with Gasteiger partial charge in [0.1, 0.15) is 30.2 Å². The lowest BCUT2D eigenvalue weighted by Crippen LogP contribution is -2.45. The van der Waals surface area contributed by atoms with E-state index in [9.17, 15) is 0 Å². The number of benzene rings is 1. The van der Waals surface area contributed by atoms with E-state index in [1.54, 1.807) is 0 Å². The van der Waals surface area contributed by atoms with Crippen molar-refractivity contribution in [3.05, 3.63) is 29.8 Å². The van der Waals surface area contributed by atoms with Gasteiger partial charge in [0.2, 0.25) is 0 Å². The van der Waals surface area contributed by atoms with E-state index in [4.69, 9.17) is 33.2 Å². The van der Waals surface area contributed by atoms with E-state index in [1.807, 2.05) is 12.1 Å². The summed E-state index contributed by atoms with van der Waals surface area (Å²) >= 11 is 0. The zero-order valence-electron chi connectivity index (χ0n) is 21.7. The first kappa shape index (κ1) is 25.1. The summed E-state index contributed by atoms with van der Waals surface area (Å²) in [6, 6.07) is 8.19. The number of hydrogen-bond acceptors (Lipinski definition) is 7. The fourth-order valence-corrected chi connectivity index (χ4v) is 6.47. The minimum atomic E-state index is -0.519. The van der Waals surface area contributed by atoms with Crippen LogP contribution in [0.2, 0.25) is 0 Å². The van der Waals surface area contributed by atoms with Crippen molar-refractivity contribution >= 4 is 0 Å². The summed E-state index contributed by atoms with van der Waals surface area (Å²) in [5.74, 6) is -0.0700. The molecule has 3 heterocycles. The largest absolute Gasteiger partial charge is 0.494 e. The van der Waals surface area contributed by atoms with Crippen LogP contribution in [0.3, 0.4) is 0 Å². The molecule has 36 heavy (non-hydrogen) atoms. The molecule has 200 valence electrons. The maximum atomic E-state index is 6.63. The molecule has 5 aliphatic rings. The Kier molecular flexibility index (Phi) is 7.57. The maximum absolute atomic E-state index is 6.63. The first-order chi connectivity index (χ1) is 17.7. The van der Waals surface area contributed by atoms with Gasteiger partial charge < -0.3 is 33.2 Å². The van der Waals surface area contributed by atoms with Gasteiger partial charge in [-0.25, -0.2) is 0 Å². The van der Waals surface area contributed by atoms with Gasteiger partial charge in [-0.2, -0.15) is 0 Å². The fourth-order valence-electron chi connectivity index (χ4n) is 6.47. The number of ether oxygens (including phenoxy) is 7. The van der Waals surface area contributed by atoms with Gasteiger partial charge in [0.25, 0.3) is 0 Å². The van der Waals surface area contributed by atoms with Crippen LogP contribution in [0.4, 0.5) is 0 Å². The third-order valence-corrected chi connectivity index (χ3v) is 8.50. The molecule has 7 heteroatoms. The van der Waals surface area contributed by atoms with Gasteiger partial charge in [-0.15, -0.1) is 0 Å². The average Bonchev–Trinajstić information content (AvgIpc) is 3.56. The highest BCUT2D eigenvalue weighted by atomic mass is 16.9. The Morgan fingerprint density at radius 1 is 0.833 bits per heavy atom. The van der Waals surface area contributed by atoms with Crippen LogP contribution in [0.1, 0.15) is 89.5 Å². The second-order valence-corrected chi connectivity index (χ2v) is 11.2. The lowest BCUT2D eigenvalue weighted by Gasteiger charge is -2.35. The van der Waals surface area contributed by atoms with Crippen LogP contribution in [-0.2, 0) is 35.0 Å². The van der Waals surface area contributed by atoms with Gasteiger partial charge >= 0.3 is 0 Å². The van der Waals surface area contributed by atoms with Crippen molar-refractivity contribution in [3.8, 4) is 5.75 Å². The lowest BCUT2D eigenvalue weighted by atomic mass is 9.94. The van der Waals surface area contributed by atoms with Crippen LogP contribution in [0.5, 0.6) is 5.75 Å². The van der Waals surface area contributed by atoms with Gasteiger partial charge in [-0.1, -0.05) is 38.3 Å². The molecule has 0 N–H and O–H groups in total. The SMILES string of the molecule is CCCCOc1ccc(CO[C@@H]2[C@H]3OC4(CCCCC4)O[C@H]3O[C@@H]2[C@@H]2COC3(CCCCC3)O2)cc1. The van der Waals surface area contributed by atoms with E-state index in [1.165, 1.54) is 12.8 Å². The van der Waals surface area contributed by atoms with Crippen molar-refractivity contribution in [2.24, 2.45) is 0 Å². The molecule has 2 aliphatic carbocycles. The van der Waals surface area contributed by atoms with Gasteiger partial charge in [0, 0.05) is 25.7 Å². The molecule has 5 fully saturated rings. The highest BCUT2D eigenvalue weighted by Gasteiger charge is 2.61. The molecule has 3 saturated heterocycles. The van der Waals surface area contributed by atoms with Crippen molar-refractivity contribution in [1.82, 2.24) is 0 Å². The van der Waals surface area contributed by atoms with Gasteiger partial charge in [0.15, 0.2) is 17.9 Å². The van der Waals surface area contributed by atoms with Gasteiger partial charge in [-0.05, 0) is 49.8 Å². The molecule has 1 aromatic carbocycles. The molecule has 0 bridgehead atoms. The molecule has 7 nitrogen and oxygen atoms in total. The summed E-state index contributed by atoms with van der Waals surface area (Å²) < 4.78 is 44.8. The predicted molar refractivity (Wildman–Crippen MR) is 132 cm³/mol. The fraction of sp³-hybridized carbons (Fsp3) is 0.793. The normalized spacial score (nSPS) is 34.9. The van der Waals surface area contributed by atoms with Gasteiger partial charge in [-0.3, -0.25) is 0 Å². The van der Waals surface area contributed by atoms with Crippen molar-refractivity contribution in [3.63, 3.8) is 0 Å². The Balaban J connectivity index is 1.13. The minimum Gasteiger partial charge on any atom is -0.494 e. The minimum absolute atomic E-state index is 0.178. The zero-order chi connectivity index (χ0) is 24.4. The van der Waals surface area contributed by atoms with Crippen LogP contribution in [-0.4, -0.2) is 55.5 Å². The molecular weight excluding hydrogens is 460 g/mol. The number of hydrogen-bond donors (Lipinski definition) is 0. The smallest absolute Gasteiger partial charge is 0.190 e. The molecule has 2 saturated carbocycles. The first-order valence-corrected chi connectivity index (χ1v) is 14.3. The van der Waals surface area contributed by atoms with E-state index in [0.717, 1.165) is 82.1 Å². The number of unbranched alkanes of at least 4 members (excludes halogenated alkanes) is 1. The van der Waals surface area contributed by atoms with Crippen LogP contribution < -0.4 is 4.74 Å². The topological polar surface area (TPSA) is 64.6 Å². The van der Waals surface area contributed by atoms with Crippen LogP contribution in [0, 0.1) is 0 Å². The maximum Gasteiger partial charge on any atom is 0.190 e. The van der Waals surface area contributed by atoms with Crippen LogP contribution in [0.25, 0.3) is 0 Å². The second-order valence-electron chi connectivity index (χ2n) is 11.2. The Labute approximate surface area is 215 Å². The highest BCUT2D eigenvalue weighted by molar-refractivity contribution is 5.27. The summed E-state index contributed by atoms with van der Waals surface area (Å²) in [6.45, 7) is 3.92. The number of fused-ring (bicyclic) bond motifs is 1. The monoisotopic (exact) mass is 502 g/mol. The Bertz CT molecular complexity index is 846. The van der Waals surface area contributed by atoms with Crippen molar-refractivity contribution in [2.45, 2.75) is 133 Å². The summed E-state index contributed by atoms with van der Waals surface area (Å²) in [4.78, 5) is 0. The van der Waals surface area contributed by atoms with E-state index >= 15 is 0 Å². The molecule has 5 atom stereocenters. The van der Waals surface area contributed by atoms with Crippen LogP contribution >= 0.6 is 0 Å². The zero-order valence-corrected chi connectivity index (χ0v) is 21.7. The summed E-state index contributed by atoms with van der Waals surface area (Å²) in [5.41, 5.74) is 1.10. The molecular formula is C29H42O7. The molecule has 1 aromatic rings.